The maximum atomic E-state index is 14.2. The van der Waals surface area contributed by atoms with E-state index >= 15 is 0 Å². The Bertz CT molecular complexity index is 1100. The van der Waals surface area contributed by atoms with Gasteiger partial charge in [0.25, 0.3) is 5.91 Å². The average molecular weight is 636 g/mol. The molecule has 1 saturated carbocycles. The number of carbonyl (C=O) groups excluding carboxylic acids is 6. The molecule has 1 saturated heterocycles. The lowest BCUT2D eigenvalue weighted by Crippen LogP contribution is -2.62. The number of ether oxygens (including phenoxy) is 1. The Hall–Kier alpha value is -3.18. The fourth-order valence-electron chi connectivity index (χ4n) is 5.66. The van der Waals surface area contributed by atoms with E-state index in [-0.39, 0.29) is 36.8 Å². The summed E-state index contributed by atoms with van der Waals surface area (Å²) in [7, 11) is 0. The van der Waals surface area contributed by atoms with Crippen molar-refractivity contribution in [3.05, 3.63) is 0 Å². The maximum absolute atomic E-state index is 14.2. The van der Waals surface area contributed by atoms with Crippen LogP contribution in [0.3, 0.4) is 0 Å². The predicted molar refractivity (Wildman–Crippen MR) is 170 cm³/mol. The van der Waals surface area contributed by atoms with Crippen LogP contribution < -0.4 is 21.7 Å². The van der Waals surface area contributed by atoms with Gasteiger partial charge in [0.05, 0.1) is 12.6 Å². The molecular weight excluding hydrogens is 578 g/mol. The first-order valence-electron chi connectivity index (χ1n) is 16.3. The van der Waals surface area contributed by atoms with Gasteiger partial charge in [0.1, 0.15) is 18.1 Å². The summed E-state index contributed by atoms with van der Waals surface area (Å²) in [5.74, 6) is -3.01. The number of likely N-dealkylation sites (tertiary alicyclic amines) is 1. The van der Waals surface area contributed by atoms with Gasteiger partial charge in [0, 0.05) is 6.54 Å². The first kappa shape index (κ1) is 38.0. The molecule has 0 aromatic rings. The van der Waals surface area contributed by atoms with E-state index in [4.69, 9.17) is 10.5 Å². The highest BCUT2D eigenvalue weighted by Crippen LogP contribution is 2.33. The molecule has 5 amide bonds. The fraction of sp³-hybridized carbons (Fsp3) is 0.818. The molecule has 2 aliphatic rings. The molecule has 12 heteroatoms. The van der Waals surface area contributed by atoms with Gasteiger partial charge in [-0.2, -0.15) is 0 Å². The van der Waals surface area contributed by atoms with Crippen LogP contribution in [0.1, 0.15) is 101 Å². The van der Waals surface area contributed by atoms with Crippen molar-refractivity contribution in [2.75, 3.05) is 13.2 Å². The number of carbonyl (C=O) groups is 6. The number of nitrogens with two attached hydrogens (primary N) is 1. The molecule has 0 bridgehead atoms. The quantitative estimate of drug-likeness (QED) is 0.178. The van der Waals surface area contributed by atoms with Crippen LogP contribution in [0.5, 0.6) is 0 Å². The number of ketones is 1. The summed E-state index contributed by atoms with van der Waals surface area (Å²) in [5, 5.41) is 8.23. The van der Waals surface area contributed by atoms with Gasteiger partial charge < -0.3 is 31.3 Å². The number of nitrogens with zero attached hydrogens (tertiary/aromatic N) is 1. The standard InChI is InChI=1S/C33H57N5O7/c1-18(2)17-45-30(43)26(33(8,9)10)37-31(44)36-25(32(5,6)7)29(42)38-16-21(19(3)4)15-23(38)28(41)35-22(24(39)27(34)40)14-20-12-11-13-20/h18-23,25-26H,11-17H2,1-10H3,(H2,34,40)(H,35,41)(H2,36,37,44)/t21?,22?,23-,25?,26?/m0/s1. The molecule has 5 atom stereocenters. The summed E-state index contributed by atoms with van der Waals surface area (Å²) in [6.45, 7) is 19.2. The number of hydrogen-bond acceptors (Lipinski definition) is 7. The van der Waals surface area contributed by atoms with Crippen molar-refractivity contribution < 1.29 is 33.5 Å². The van der Waals surface area contributed by atoms with Crippen LogP contribution in [0.4, 0.5) is 4.79 Å². The molecule has 0 aromatic heterocycles. The van der Waals surface area contributed by atoms with Crippen LogP contribution >= 0.6 is 0 Å². The number of nitrogens with one attached hydrogen (secondary N) is 3. The van der Waals surface area contributed by atoms with E-state index in [0.29, 0.717) is 12.8 Å². The molecule has 45 heavy (non-hydrogen) atoms. The third kappa shape index (κ3) is 10.7. The van der Waals surface area contributed by atoms with E-state index in [1.54, 1.807) is 20.8 Å². The third-order valence-electron chi connectivity index (χ3n) is 8.86. The van der Waals surface area contributed by atoms with Crippen molar-refractivity contribution in [3.63, 3.8) is 0 Å². The largest absolute Gasteiger partial charge is 0.464 e. The smallest absolute Gasteiger partial charge is 0.329 e. The second-order valence-electron chi connectivity index (χ2n) is 15.8. The molecule has 256 valence electrons. The molecule has 2 rings (SSSR count). The summed E-state index contributed by atoms with van der Waals surface area (Å²) < 4.78 is 5.41. The summed E-state index contributed by atoms with van der Waals surface area (Å²) in [5.41, 5.74) is 3.86. The van der Waals surface area contributed by atoms with Crippen molar-refractivity contribution in [2.24, 2.45) is 40.2 Å². The summed E-state index contributed by atoms with van der Waals surface area (Å²) >= 11 is 0. The molecule has 1 aliphatic carbocycles. The minimum atomic E-state index is -1.11. The summed E-state index contributed by atoms with van der Waals surface area (Å²) in [6.07, 6.45) is 3.54. The number of Topliss-reactive ketones (excluding diaryl/α,β-unsaturated/α-hetero) is 1. The van der Waals surface area contributed by atoms with Gasteiger partial charge in [-0.15, -0.1) is 0 Å². The topological polar surface area (TPSA) is 177 Å². The maximum Gasteiger partial charge on any atom is 0.329 e. The SMILES string of the molecule is CC(C)COC(=O)C(NC(=O)NC(C(=O)N1CC(C(C)C)C[C@H]1C(=O)NC(CC1CCC1)C(=O)C(N)=O)C(C)(C)C)C(C)(C)C. The predicted octanol–water partition coefficient (Wildman–Crippen LogP) is 2.92. The van der Waals surface area contributed by atoms with E-state index in [1.165, 1.54) is 4.90 Å². The highest BCUT2D eigenvalue weighted by molar-refractivity contribution is 6.37. The second kappa shape index (κ2) is 15.4. The zero-order valence-electron chi connectivity index (χ0n) is 29.0. The summed E-state index contributed by atoms with van der Waals surface area (Å²) in [6, 6.07) is -4.69. The van der Waals surface area contributed by atoms with Gasteiger partial charge in [0.2, 0.25) is 17.6 Å². The Morgan fingerprint density at radius 3 is 1.87 bits per heavy atom. The molecule has 1 heterocycles. The van der Waals surface area contributed by atoms with E-state index < -0.39 is 70.5 Å². The monoisotopic (exact) mass is 635 g/mol. The van der Waals surface area contributed by atoms with Crippen molar-refractivity contribution in [2.45, 2.75) is 126 Å². The fourth-order valence-corrected chi connectivity index (χ4v) is 5.66. The van der Waals surface area contributed by atoms with E-state index in [1.807, 2.05) is 48.5 Å². The minimum absolute atomic E-state index is 0.00272. The Labute approximate surface area is 268 Å². The number of urea groups is 1. The molecule has 4 unspecified atom stereocenters. The zero-order valence-corrected chi connectivity index (χ0v) is 29.0. The molecule has 2 fully saturated rings. The van der Waals surface area contributed by atoms with Crippen LogP contribution in [0.2, 0.25) is 0 Å². The molecule has 5 N–H and O–H groups in total. The molecule has 0 spiro atoms. The zero-order chi connectivity index (χ0) is 34.4. The van der Waals surface area contributed by atoms with Crippen molar-refractivity contribution in [1.29, 1.82) is 0 Å². The number of rotatable bonds is 13. The Morgan fingerprint density at radius 1 is 0.867 bits per heavy atom. The highest BCUT2D eigenvalue weighted by atomic mass is 16.5. The van der Waals surface area contributed by atoms with Crippen molar-refractivity contribution >= 4 is 35.5 Å². The molecule has 0 radical (unpaired) electrons. The molecule has 1 aliphatic heterocycles. The molecule has 0 aromatic carbocycles. The van der Waals surface area contributed by atoms with Gasteiger partial charge in [-0.3, -0.25) is 19.2 Å². The Balaban J connectivity index is 2.31. The van der Waals surface area contributed by atoms with E-state index in [9.17, 15) is 28.8 Å². The van der Waals surface area contributed by atoms with E-state index in [0.717, 1.165) is 19.3 Å². The molecular formula is C33H57N5O7. The number of primary amides is 1. The highest BCUT2D eigenvalue weighted by Gasteiger charge is 2.47. The average Bonchev–Trinajstić information content (AvgIpc) is 3.34. The number of esters is 1. The van der Waals surface area contributed by atoms with Gasteiger partial charge in [0.15, 0.2) is 0 Å². The minimum Gasteiger partial charge on any atom is -0.464 e. The lowest BCUT2D eigenvalue weighted by atomic mass is 9.80. The van der Waals surface area contributed by atoms with Crippen LogP contribution in [0.25, 0.3) is 0 Å². The van der Waals surface area contributed by atoms with Crippen LogP contribution in [-0.4, -0.2) is 77.7 Å². The first-order chi connectivity index (χ1) is 20.6. The normalized spacial score (nSPS) is 21.0. The van der Waals surface area contributed by atoms with Crippen LogP contribution in [0.15, 0.2) is 0 Å². The summed E-state index contributed by atoms with van der Waals surface area (Å²) in [4.78, 5) is 80.1. The lowest BCUT2D eigenvalue weighted by molar-refractivity contribution is -0.149. The van der Waals surface area contributed by atoms with Gasteiger partial charge in [-0.25, -0.2) is 9.59 Å². The van der Waals surface area contributed by atoms with Crippen LogP contribution in [0, 0.1) is 34.5 Å². The first-order valence-corrected chi connectivity index (χ1v) is 16.3. The van der Waals surface area contributed by atoms with Crippen molar-refractivity contribution in [3.8, 4) is 0 Å². The number of hydrogen-bond donors (Lipinski definition) is 4. The van der Waals surface area contributed by atoms with E-state index in [2.05, 4.69) is 16.0 Å². The Kier molecular flexibility index (Phi) is 13.0. The van der Waals surface area contributed by atoms with Crippen molar-refractivity contribution in [1.82, 2.24) is 20.9 Å². The molecule has 12 nitrogen and oxygen atoms in total. The lowest BCUT2D eigenvalue weighted by Gasteiger charge is -2.37. The van der Waals surface area contributed by atoms with Gasteiger partial charge >= 0.3 is 12.0 Å². The van der Waals surface area contributed by atoms with Gasteiger partial charge in [-0.1, -0.05) is 88.5 Å². The van der Waals surface area contributed by atoms with Gasteiger partial charge in [-0.05, 0) is 47.3 Å². The number of amides is 5. The third-order valence-corrected chi connectivity index (χ3v) is 8.86. The second-order valence-corrected chi connectivity index (χ2v) is 15.8. The van der Waals surface area contributed by atoms with Crippen LogP contribution in [-0.2, 0) is 28.7 Å². The Morgan fingerprint density at radius 2 is 1.42 bits per heavy atom.